The van der Waals surface area contributed by atoms with Crippen molar-refractivity contribution in [2.45, 2.75) is 13.3 Å². The van der Waals surface area contributed by atoms with Gasteiger partial charge < -0.3 is 23.9 Å². The fraction of sp³-hybridized carbons (Fsp3) is 0.261. The number of hydrogen-bond donors (Lipinski definition) is 1. The highest BCUT2D eigenvalue weighted by Gasteiger charge is 2.21. The van der Waals surface area contributed by atoms with Crippen LogP contribution in [-0.2, 0) is 4.74 Å². The maximum Gasteiger partial charge on any atom is 0.227 e. The Hall–Kier alpha value is -3.41. The maximum atomic E-state index is 13.3. The number of fused-ring (bicyclic) bond motifs is 1. The van der Waals surface area contributed by atoms with E-state index in [4.69, 9.17) is 18.9 Å². The van der Waals surface area contributed by atoms with Crippen molar-refractivity contribution in [1.29, 1.82) is 0 Å². The third-order valence-corrected chi connectivity index (χ3v) is 4.52. The van der Waals surface area contributed by atoms with Gasteiger partial charge in [0.2, 0.25) is 11.5 Å². The second-order valence-corrected chi connectivity index (χ2v) is 6.39. The van der Waals surface area contributed by atoms with E-state index in [1.54, 1.807) is 18.2 Å². The van der Waals surface area contributed by atoms with Crippen molar-refractivity contribution in [3.8, 4) is 17.2 Å². The molecule has 152 valence electrons. The molecular formula is C23H25NO5. The zero-order chi connectivity index (χ0) is 20.8. The summed E-state index contributed by atoms with van der Waals surface area (Å²) >= 11 is 0. The third-order valence-electron chi connectivity index (χ3n) is 4.52. The Kier molecular flexibility index (Phi) is 6.44. The minimum atomic E-state index is -0.261. The molecule has 0 amide bonds. The Morgan fingerprint density at radius 3 is 2.34 bits per heavy atom. The van der Waals surface area contributed by atoms with Crippen molar-refractivity contribution in [3.05, 3.63) is 59.5 Å². The van der Waals surface area contributed by atoms with E-state index in [9.17, 15) is 4.79 Å². The summed E-state index contributed by atoms with van der Waals surface area (Å²) in [5.74, 6) is 1.26. The number of methoxy groups -OCH3 is 3. The first kappa shape index (κ1) is 20.3. The molecule has 2 aromatic carbocycles. The monoisotopic (exact) mass is 395 g/mol. The van der Waals surface area contributed by atoms with Gasteiger partial charge in [-0.15, -0.1) is 0 Å². The van der Waals surface area contributed by atoms with Gasteiger partial charge in [0.25, 0.3) is 0 Å². The number of ketones is 1. The molecule has 1 heterocycles. The molecule has 3 aromatic rings. The number of para-hydroxylation sites is 1. The van der Waals surface area contributed by atoms with E-state index in [1.165, 1.54) is 21.3 Å². The Labute approximate surface area is 170 Å². The van der Waals surface area contributed by atoms with E-state index in [2.05, 4.69) is 4.98 Å². The van der Waals surface area contributed by atoms with Crippen molar-refractivity contribution >= 4 is 22.8 Å². The molecule has 3 rings (SSSR count). The van der Waals surface area contributed by atoms with Gasteiger partial charge in [0.05, 0.1) is 27.9 Å². The van der Waals surface area contributed by atoms with E-state index in [-0.39, 0.29) is 11.5 Å². The summed E-state index contributed by atoms with van der Waals surface area (Å²) in [5.41, 5.74) is 2.27. The standard InChI is InChI=1S/C23H25NO5/c1-5-10-29-19(13-16-14-24-18-9-7-6-8-17(16)18)22(25)15-11-20(26-2)23(28-4)21(12-15)27-3/h6-9,11-14,24H,5,10H2,1-4H3/b19-13+. The van der Waals surface area contributed by atoms with E-state index in [1.807, 2.05) is 37.4 Å². The molecule has 0 bridgehead atoms. The molecular weight excluding hydrogens is 370 g/mol. The number of Topliss-reactive ketones (excluding diaryl/α,β-unsaturated/α-hetero) is 1. The largest absolute Gasteiger partial charge is 0.493 e. The molecule has 1 N–H and O–H groups in total. The summed E-state index contributed by atoms with van der Waals surface area (Å²) in [7, 11) is 4.55. The SMILES string of the molecule is CCCO/C(=C/c1c[nH]c2ccccc12)C(=O)c1cc(OC)c(OC)c(OC)c1. The molecule has 0 unspecified atom stereocenters. The van der Waals surface area contributed by atoms with Crippen LogP contribution in [0.15, 0.2) is 48.4 Å². The Balaban J connectivity index is 2.06. The van der Waals surface area contributed by atoms with Crippen molar-refractivity contribution in [1.82, 2.24) is 4.98 Å². The van der Waals surface area contributed by atoms with Gasteiger partial charge in [0.1, 0.15) is 0 Å². The van der Waals surface area contributed by atoms with Gasteiger partial charge in [0, 0.05) is 28.2 Å². The van der Waals surface area contributed by atoms with E-state index in [0.717, 1.165) is 22.9 Å². The number of aromatic amines is 1. The summed E-state index contributed by atoms with van der Waals surface area (Å²) < 4.78 is 21.9. The fourth-order valence-electron chi connectivity index (χ4n) is 3.09. The van der Waals surface area contributed by atoms with Gasteiger partial charge in [0.15, 0.2) is 17.3 Å². The summed E-state index contributed by atoms with van der Waals surface area (Å²) in [6.45, 7) is 2.43. The summed E-state index contributed by atoms with van der Waals surface area (Å²) in [6, 6.07) is 11.2. The van der Waals surface area contributed by atoms with E-state index < -0.39 is 0 Å². The average molecular weight is 395 g/mol. The third kappa shape index (κ3) is 4.21. The molecule has 0 saturated heterocycles. The lowest BCUT2D eigenvalue weighted by atomic mass is 10.1. The molecule has 6 heteroatoms. The summed E-state index contributed by atoms with van der Waals surface area (Å²) in [6.07, 6.45) is 4.41. The number of ether oxygens (including phenoxy) is 4. The van der Waals surface area contributed by atoms with Crippen LogP contribution in [0, 0.1) is 0 Å². The number of rotatable bonds is 9. The van der Waals surface area contributed by atoms with E-state index >= 15 is 0 Å². The molecule has 0 fully saturated rings. The second-order valence-electron chi connectivity index (χ2n) is 6.39. The van der Waals surface area contributed by atoms with Gasteiger partial charge in [-0.1, -0.05) is 25.1 Å². The lowest BCUT2D eigenvalue weighted by molar-refractivity contribution is 0.0922. The van der Waals surface area contributed by atoms with Gasteiger partial charge >= 0.3 is 0 Å². The van der Waals surface area contributed by atoms with Crippen LogP contribution in [0.3, 0.4) is 0 Å². The zero-order valence-electron chi connectivity index (χ0n) is 17.1. The molecule has 0 spiro atoms. The summed E-state index contributed by atoms with van der Waals surface area (Å²) in [4.78, 5) is 16.5. The summed E-state index contributed by atoms with van der Waals surface area (Å²) in [5, 5.41) is 1.02. The molecule has 0 radical (unpaired) electrons. The highest BCUT2D eigenvalue weighted by Crippen LogP contribution is 2.39. The molecule has 0 saturated carbocycles. The van der Waals surface area contributed by atoms with Gasteiger partial charge in [-0.2, -0.15) is 0 Å². The predicted octanol–water partition coefficient (Wildman–Crippen LogP) is 4.84. The number of nitrogens with one attached hydrogen (secondary N) is 1. The number of allylic oxidation sites excluding steroid dienone is 1. The van der Waals surface area contributed by atoms with Crippen molar-refractivity contribution in [3.63, 3.8) is 0 Å². The zero-order valence-corrected chi connectivity index (χ0v) is 17.1. The molecule has 0 atom stereocenters. The average Bonchev–Trinajstić information content (AvgIpc) is 3.17. The molecule has 0 aliphatic rings. The van der Waals surface area contributed by atoms with Crippen molar-refractivity contribution in [2.75, 3.05) is 27.9 Å². The quantitative estimate of drug-likeness (QED) is 0.319. The number of benzene rings is 2. The molecule has 1 aromatic heterocycles. The number of aromatic nitrogens is 1. The first-order valence-corrected chi connectivity index (χ1v) is 9.38. The molecule has 0 aliphatic heterocycles. The predicted molar refractivity (Wildman–Crippen MR) is 113 cm³/mol. The number of carbonyl (C=O) groups is 1. The second kappa shape index (κ2) is 9.19. The topological polar surface area (TPSA) is 69.8 Å². The normalized spacial score (nSPS) is 11.4. The van der Waals surface area contributed by atoms with Gasteiger partial charge in [-0.05, 0) is 30.7 Å². The van der Waals surface area contributed by atoms with Crippen LogP contribution in [0.25, 0.3) is 17.0 Å². The minimum absolute atomic E-state index is 0.255. The first-order valence-electron chi connectivity index (χ1n) is 9.38. The van der Waals surface area contributed by atoms with Crippen LogP contribution in [0.4, 0.5) is 0 Å². The lowest BCUT2D eigenvalue weighted by Gasteiger charge is -2.15. The highest BCUT2D eigenvalue weighted by molar-refractivity contribution is 6.11. The molecule has 0 aliphatic carbocycles. The highest BCUT2D eigenvalue weighted by atomic mass is 16.5. The van der Waals surface area contributed by atoms with Crippen molar-refractivity contribution in [2.24, 2.45) is 0 Å². The Morgan fingerprint density at radius 2 is 1.72 bits per heavy atom. The first-order chi connectivity index (χ1) is 14.1. The number of carbonyl (C=O) groups excluding carboxylic acids is 1. The van der Waals surface area contributed by atoms with Crippen LogP contribution in [-0.4, -0.2) is 38.7 Å². The Bertz CT molecular complexity index is 1010. The number of H-pyrrole nitrogens is 1. The number of hydrogen-bond acceptors (Lipinski definition) is 5. The van der Waals surface area contributed by atoms with Crippen LogP contribution >= 0.6 is 0 Å². The van der Waals surface area contributed by atoms with E-state index in [0.29, 0.717) is 29.4 Å². The maximum absolute atomic E-state index is 13.3. The van der Waals surface area contributed by atoms with Crippen LogP contribution < -0.4 is 14.2 Å². The van der Waals surface area contributed by atoms with Crippen molar-refractivity contribution < 1.29 is 23.7 Å². The fourth-order valence-corrected chi connectivity index (χ4v) is 3.09. The van der Waals surface area contributed by atoms with Gasteiger partial charge in [-0.25, -0.2) is 0 Å². The van der Waals surface area contributed by atoms with Crippen LogP contribution in [0.2, 0.25) is 0 Å². The molecule has 29 heavy (non-hydrogen) atoms. The molecule has 6 nitrogen and oxygen atoms in total. The van der Waals surface area contributed by atoms with Gasteiger partial charge in [-0.3, -0.25) is 4.79 Å². The minimum Gasteiger partial charge on any atom is -0.493 e. The van der Waals surface area contributed by atoms with Crippen LogP contribution in [0.1, 0.15) is 29.3 Å². The van der Waals surface area contributed by atoms with Crippen LogP contribution in [0.5, 0.6) is 17.2 Å². The lowest BCUT2D eigenvalue weighted by Crippen LogP contribution is -2.09. The smallest absolute Gasteiger partial charge is 0.227 e. The Morgan fingerprint density at radius 1 is 1.03 bits per heavy atom.